The molecule has 8 nitrogen and oxygen atoms in total. The maximum atomic E-state index is 14.2. The van der Waals surface area contributed by atoms with Crippen molar-refractivity contribution >= 4 is 22.0 Å². The van der Waals surface area contributed by atoms with Gasteiger partial charge in [0.1, 0.15) is 6.10 Å². The molecular weight excluding hydrogens is 552 g/mol. The summed E-state index contributed by atoms with van der Waals surface area (Å²) in [5.41, 5.74) is 3.06. The molecule has 4 aliphatic rings. The predicted octanol–water partition coefficient (Wildman–Crippen LogP) is 5.11. The van der Waals surface area contributed by atoms with Crippen molar-refractivity contribution in [3.63, 3.8) is 0 Å². The minimum absolute atomic E-state index is 0.0385. The molecule has 1 amide bonds. The lowest BCUT2D eigenvalue weighted by Crippen LogP contribution is -2.57. The van der Waals surface area contributed by atoms with Gasteiger partial charge in [0, 0.05) is 42.8 Å². The second-order valence-electron chi connectivity index (χ2n) is 12.0. The third-order valence-corrected chi connectivity index (χ3v) is 11.5. The Bertz CT molecular complexity index is 1600. The molecule has 0 radical (unpaired) electrons. The molecule has 220 valence electrons. The molecule has 2 aromatic carbocycles. The van der Waals surface area contributed by atoms with Crippen LogP contribution in [0.4, 0.5) is 0 Å². The van der Waals surface area contributed by atoms with Gasteiger partial charge in [0.25, 0.3) is 0 Å². The molecule has 0 saturated heterocycles. The van der Waals surface area contributed by atoms with Gasteiger partial charge in [-0.3, -0.25) is 4.79 Å². The van der Waals surface area contributed by atoms with E-state index in [0.717, 1.165) is 48.1 Å². The van der Waals surface area contributed by atoms with Crippen LogP contribution in [-0.2, 0) is 21.2 Å². The maximum Gasteiger partial charge on any atom is 0.246 e. The summed E-state index contributed by atoms with van der Waals surface area (Å²) in [6.45, 7) is 0.537. The number of hydrogen-bond acceptors (Lipinski definition) is 6. The maximum absolute atomic E-state index is 14.2. The van der Waals surface area contributed by atoms with E-state index in [2.05, 4.69) is 6.07 Å². The Balaban J connectivity index is 1.25. The molecule has 2 fully saturated rings. The van der Waals surface area contributed by atoms with E-state index in [1.807, 2.05) is 23.5 Å². The van der Waals surface area contributed by atoms with Gasteiger partial charge in [-0.05, 0) is 79.8 Å². The molecular formula is C33H36N2O6S. The average Bonchev–Trinajstić information content (AvgIpc) is 3.50. The zero-order chi connectivity index (χ0) is 29.0. The fraction of sp³-hybridized carbons (Fsp3) is 0.424. The van der Waals surface area contributed by atoms with Gasteiger partial charge >= 0.3 is 0 Å². The number of carbonyl (C=O) groups is 1. The first kappa shape index (κ1) is 27.3. The SMILES string of the molecule is COc1ccc2c3c1O[C@@H]1[C@H]3[C@@H](CC[C@H]1N(C)C(=O)/C=C/c1ccoc1)[C@H](N(CC1CC1)S(=O)(=O)c1ccccc1)C2. The monoisotopic (exact) mass is 588 g/mol. The largest absolute Gasteiger partial charge is 0.493 e. The number of ether oxygens (including phenoxy) is 2. The number of amides is 1. The molecule has 2 heterocycles. The number of benzene rings is 2. The standard InChI is InChI=1S/C33H36N2O6S/c1-34(29(36)15-10-22-16-17-40-20-22)26-13-12-25-27(18-23-11-14-28(39-2)33-30(23)31(25)32(26)41-33)35(19-21-8-9-21)42(37,38)24-6-4-3-5-7-24/h3-7,10-11,14-17,20-21,25-27,31-32H,8-9,12-13,18-19H2,1-2H3/b15-10+/t25-,26+,27+,31-,32-/m0/s1. The van der Waals surface area contributed by atoms with Crippen molar-refractivity contribution < 1.29 is 27.1 Å². The lowest BCUT2D eigenvalue weighted by Gasteiger charge is -2.49. The van der Waals surface area contributed by atoms with Crippen LogP contribution in [0.5, 0.6) is 11.5 Å². The fourth-order valence-electron chi connectivity index (χ4n) is 7.35. The molecule has 0 unspecified atom stereocenters. The summed E-state index contributed by atoms with van der Waals surface area (Å²) in [7, 11) is -0.234. The van der Waals surface area contributed by atoms with Gasteiger partial charge in [-0.15, -0.1) is 0 Å². The Morgan fingerprint density at radius 1 is 1.05 bits per heavy atom. The van der Waals surface area contributed by atoms with E-state index in [9.17, 15) is 13.2 Å². The average molecular weight is 589 g/mol. The van der Waals surface area contributed by atoms with Crippen LogP contribution in [0.1, 0.15) is 48.3 Å². The van der Waals surface area contributed by atoms with E-state index in [1.165, 1.54) is 0 Å². The summed E-state index contributed by atoms with van der Waals surface area (Å²) in [4.78, 5) is 15.4. The van der Waals surface area contributed by atoms with Crippen LogP contribution in [0.25, 0.3) is 6.08 Å². The molecule has 3 aromatic rings. The number of rotatable bonds is 9. The van der Waals surface area contributed by atoms with Crippen LogP contribution in [0.3, 0.4) is 0 Å². The number of methoxy groups -OCH3 is 1. The highest BCUT2D eigenvalue weighted by molar-refractivity contribution is 7.89. The molecule has 9 heteroatoms. The van der Waals surface area contributed by atoms with E-state index >= 15 is 0 Å². The molecule has 1 aliphatic heterocycles. The Morgan fingerprint density at radius 2 is 1.86 bits per heavy atom. The summed E-state index contributed by atoms with van der Waals surface area (Å²) < 4.78 is 47.8. The molecule has 7 rings (SSSR count). The van der Waals surface area contributed by atoms with Crippen molar-refractivity contribution in [3.05, 3.63) is 83.8 Å². The van der Waals surface area contributed by atoms with Crippen LogP contribution >= 0.6 is 0 Å². The number of likely N-dealkylation sites (N-methyl/N-ethyl adjacent to an activating group) is 1. The van der Waals surface area contributed by atoms with Crippen molar-refractivity contribution in [1.29, 1.82) is 0 Å². The lowest BCUT2D eigenvalue weighted by atomic mass is 9.64. The van der Waals surface area contributed by atoms with Crippen LogP contribution in [0, 0.1) is 11.8 Å². The van der Waals surface area contributed by atoms with E-state index < -0.39 is 10.0 Å². The predicted molar refractivity (Wildman–Crippen MR) is 158 cm³/mol. The Hall–Kier alpha value is -3.56. The summed E-state index contributed by atoms with van der Waals surface area (Å²) in [5.74, 6) is 1.74. The topological polar surface area (TPSA) is 89.3 Å². The first-order chi connectivity index (χ1) is 20.4. The molecule has 0 bridgehead atoms. The van der Waals surface area contributed by atoms with Gasteiger partial charge in [-0.2, -0.15) is 4.31 Å². The van der Waals surface area contributed by atoms with E-state index in [4.69, 9.17) is 13.9 Å². The summed E-state index contributed by atoms with van der Waals surface area (Å²) in [6, 6.07) is 14.3. The Kier molecular flexibility index (Phi) is 6.89. The Morgan fingerprint density at radius 3 is 2.57 bits per heavy atom. The minimum Gasteiger partial charge on any atom is -0.493 e. The van der Waals surface area contributed by atoms with Crippen LogP contribution < -0.4 is 9.47 Å². The van der Waals surface area contributed by atoms with Gasteiger partial charge in [0.2, 0.25) is 15.9 Å². The summed E-state index contributed by atoms with van der Waals surface area (Å²) >= 11 is 0. The second kappa shape index (κ2) is 10.6. The van der Waals surface area contributed by atoms with Crippen LogP contribution in [0.15, 0.2) is 76.4 Å². The number of furan rings is 1. The second-order valence-corrected chi connectivity index (χ2v) is 13.9. The normalized spacial score (nSPS) is 26.2. The fourth-order valence-corrected chi connectivity index (χ4v) is 9.12. The molecule has 0 spiro atoms. The third-order valence-electron chi connectivity index (χ3n) is 9.63. The van der Waals surface area contributed by atoms with Crippen LogP contribution in [0.2, 0.25) is 0 Å². The van der Waals surface area contributed by atoms with E-state index in [-0.39, 0.29) is 35.9 Å². The summed E-state index contributed by atoms with van der Waals surface area (Å²) in [5, 5.41) is 0. The molecule has 1 aromatic heterocycles. The summed E-state index contributed by atoms with van der Waals surface area (Å²) in [6.07, 6.45) is 10.5. The van der Waals surface area contributed by atoms with Crippen molar-refractivity contribution in [2.45, 2.75) is 61.1 Å². The quantitative estimate of drug-likeness (QED) is 0.323. The van der Waals surface area contributed by atoms with Crippen molar-refractivity contribution in [2.24, 2.45) is 11.8 Å². The van der Waals surface area contributed by atoms with Gasteiger partial charge in [0.15, 0.2) is 11.5 Å². The van der Waals surface area contributed by atoms with Crippen LogP contribution in [-0.4, -0.2) is 62.4 Å². The van der Waals surface area contributed by atoms with Gasteiger partial charge < -0.3 is 18.8 Å². The molecule has 2 saturated carbocycles. The van der Waals surface area contributed by atoms with E-state index in [1.54, 1.807) is 67.0 Å². The first-order valence-electron chi connectivity index (χ1n) is 14.8. The lowest BCUT2D eigenvalue weighted by molar-refractivity contribution is -0.130. The zero-order valence-electron chi connectivity index (χ0n) is 23.9. The highest BCUT2D eigenvalue weighted by Crippen LogP contribution is 2.58. The Labute approximate surface area is 247 Å². The number of sulfonamides is 1. The molecule has 0 N–H and O–H groups in total. The van der Waals surface area contributed by atoms with Crippen molar-refractivity contribution in [3.8, 4) is 11.5 Å². The molecule has 42 heavy (non-hydrogen) atoms. The third kappa shape index (κ3) is 4.63. The first-order valence-corrected chi connectivity index (χ1v) is 16.2. The number of nitrogens with zero attached hydrogens (tertiary/aromatic N) is 2. The van der Waals surface area contributed by atoms with Gasteiger partial charge in [0.05, 0.1) is 30.6 Å². The number of carbonyl (C=O) groups excluding carboxylic acids is 1. The minimum atomic E-state index is -3.71. The molecule has 3 aliphatic carbocycles. The zero-order valence-corrected chi connectivity index (χ0v) is 24.7. The van der Waals surface area contributed by atoms with Crippen molar-refractivity contribution in [1.82, 2.24) is 9.21 Å². The number of hydrogen-bond donors (Lipinski definition) is 0. The smallest absolute Gasteiger partial charge is 0.246 e. The van der Waals surface area contributed by atoms with Crippen molar-refractivity contribution in [2.75, 3.05) is 20.7 Å². The highest BCUT2D eigenvalue weighted by Gasteiger charge is 2.57. The van der Waals surface area contributed by atoms with E-state index in [0.29, 0.717) is 29.5 Å². The highest BCUT2D eigenvalue weighted by atomic mass is 32.2. The van der Waals surface area contributed by atoms with Gasteiger partial charge in [-0.1, -0.05) is 24.3 Å². The molecule has 5 atom stereocenters. The van der Waals surface area contributed by atoms with Gasteiger partial charge in [-0.25, -0.2) is 8.42 Å².